The number of carbonyl (C=O) groups excluding carboxylic acids is 1. The molecule has 1 aromatic carbocycles. The van der Waals surface area contributed by atoms with Gasteiger partial charge in [0, 0.05) is 11.8 Å². The molecule has 2 heterocycles. The average molecular weight is 351 g/mol. The monoisotopic (exact) mass is 351 g/mol. The molecule has 3 rings (SSSR count). The van der Waals surface area contributed by atoms with E-state index in [1.807, 2.05) is 24.3 Å². The fourth-order valence-corrected chi connectivity index (χ4v) is 2.65. The number of H-pyrrole nitrogens is 1. The van der Waals surface area contributed by atoms with E-state index in [4.69, 9.17) is 0 Å². The zero-order valence-corrected chi connectivity index (χ0v) is 14.8. The summed E-state index contributed by atoms with van der Waals surface area (Å²) in [5, 5.41) is 13.4. The Morgan fingerprint density at radius 2 is 1.96 bits per heavy atom. The van der Waals surface area contributed by atoms with Crippen LogP contribution in [-0.4, -0.2) is 25.9 Å². The van der Waals surface area contributed by atoms with Gasteiger partial charge >= 0.3 is 0 Å². The third kappa shape index (κ3) is 3.88. The normalized spacial score (nSPS) is 10.7. The molecule has 7 heteroatoms. The molecule has 0 unspecified atom stereocenters. The Balaban J connectivity index is 1.74. The van der Waals surface area contributed by atoms with Crippen molar-refractivity contribution in [2.24, 2.45) is 0 Å². The van der Waals surface area contributed by atoms with Gasteiger partial charge in [0.1, 0.15) is 0 Å². The maximum Gasteiger partial charge on any atom is 0.264 e. The first-order chi connectivity index (χ1) is 12.6. The van der Waals surface area contributed by atoms with Gasteiger partial charge in [0.25, 0.3) is 11.5 Å². The lowest BCUT2D eigenvalue weighted by atomic mass is 10.1. The lowest BCUT2D eigenvalue weighted by molar-refractivity contribution is 0.102. The van der Waals surface area contributed by atoms with Gasteiger partial charge in [0.2, 0.25) is 0 Å². The molecule has 0 aliphatic carbocycles. The number of anilines is 1. The van der Waals surface area contributed by atoms with Gasteiger partial charge in [0.15, 0.2) is 5.82 Å². The molecule has 0 saturated carbocycles. The maximum atomic E-state index is 12.5. The minimum atomic E-state index is -0.293. The lowest BCUT2D eigenvalue weighted by Crippen LogP contribution is -2.14. The standard InChI is InChI=1S/C19H21N5O2/c1-3-4-5-14-6-8-15(9-7-14)21-19(26)16-12-20-24(13(16)2)17-10-11-18(25)23-22-17/h6-12H,3-5H2,1-2H3,(H,21,26)(H,23,25). The van der Waals surface area contributed by atoms with Crippen LogP contribution in [0.1, 0.15) is 41.4 Å². The Hall–Kier alpha value is -3.22. The van der Waals surface area contributed by atoms with Crippen molar-refractivity contribution < 1.29 is 4.79 Å². The highest BCUT2D eigenvalue weighted by atomic mass is 16.1. The van der Waals surface area contributed by atoms with Crippen LogP contribution in [0.2, 0.25) is 0 Å². The molecule has 2 aromatic heterocycles. The van der Waals surface area contributed by atoms with Crippen molar-refractivity contribution in [3.63, 3.8) is 0 Å². The van der Waals surface area contributed by atoms with Crippen LogP contribution in [-0.2, 0) is 6.42 Å². The number of unbranched alkanes of at least 4 members (excludes halogenated alkanes) is 1. The van der Waals surface area contributed by atoms with E-state index in [2.05, 4.69) is 27.5 Å². The number of nitrogens with zero attached hydrogens (tertiary/aromatic N) is 3. The topological polar surface area (TPSA) is 92.7 Å². The number of hydrogen-bond donors (Lipinski definition) is 2. The van der Waals surface area contributed by atoms with E-state index in [1.54, 1.807) is 13.0 Å². The van der Waals surface area contributed by atoms with E-state index in [0.29, 0.717) is 17.1 Å². The Bertz CT molecular complexity index is 936. The number of carbonyl (C=O) groups is 1. The van der Waals surface area contributed by atoms with E-state index in [9.17, 15) is 9.59 Å². The summed E-state index contributed by atoms with van der Waals surface area (Å²) in [6.07, 6.45) is 4.85. The molecule has 0 aliphatic rings. The van der Waals surface area contributed by atoms with Crippen LogP contribution >= 0.6 is 0 Å². The highest BCUT2D eigenvalue weighted by Gasteiger charge is 2.16. The molecule has 134 valence electrons. The zero-order valence-electron chi connectivity index (χ0n) is 14.8. The molecule has 1 amide bonds. The summed E-state index contributed by atoms with van der Waals surface area (Å²) in [6.45, 7) is 3.95. The first-order valence-electron chi connectivity index (χ1n) is 8.59. The van der Waals surface area contributed by atoms with Crippen molar-refractivity contribution in [1.82, 2.24) is 20.0 Å². The Morgan fingerprint density at radius 1 is 1.19 bits per heavy atom. The third-order valence-electron chi connectivity index (χ3n) is 4.17. The largest absolute Gasteiger partial charge is 0.322 e. The number of amides is 1. The first-order valence-corrected chi connectivity index (χ1v) is 8.59. The SMILES string of the molecule is CCCCc1ccc(NC(=O)c2cnn(-c3ccc(=O)[nH]n3)c2C)cc1. The molecule has 0 atom stereocenters. The maximum absolute atomic E-state index is 12.5. The van der Waals surface area contributed by atoms with E-state index >= 15 is 0 Å². The summed E-state index contributed by atoms with van der Waals surface area (Å²) >= 11 is 0. The summed E-state index contributed by atoms with van der Waals surface area (Å²) in [5.41, 5.74) is 2.80. The van der Waals surface area contributed by atoms with Crippen LogP contribution in [0, 0.1) is 6.92 Å². The zero-order chi connectivity index (χ0) is 18.5. The molecule has 7 nitrogen and oxygen atoms in total. The molecule has 0 spiro atoms. The number of benzene rings is 1. The molecule has 0 aliphatic heterocycles. The first kappa shape index (κ1) is 17.6. The van der Waals surface area contributed by atoms with Gasteiger partial charge in [-0.25, -0.2) is 9.78 Å². The molecule has 0 fully saturated rings. The number of rotatable bonds is 6. The second kappa shape index (κ2) is 7.77. The quantitative estimate of drug-likeness (QED) is 0.714. The minimum Gasteiger partial charge on any atom is -0.322 e. The van der Waals surface area contributed by atoms with Crippen molar-refractivity contribution in [2.45, 2.75) is 33.1 Å². The van der Waals surface area contributed by atoms with E-state index in [0.717, 1.165) is 24.9 Å². The molecule has 26 heavy (non-hydrogen) atoms. The highest BCUT2D eigenvalue weighted by Crippen LogP contribution is 2.16. The molecule has 3 aromatic rings. The van der Waals surface area contributed by atoms with Crippen LogP contribution in [0.15, 0.2) is 47.4 Å². The molecular weight excluding hydrogens is 330 g/mol. The van der Waals surface area contributed by atoms with E-state index < -0.39 is 0 Å². The Morgan fingerprint density at radius 3 is 2.62 bits per heavy atom. The second-order valence-electron chi connectivity index (χ2n) is 6.09. The summed E-state index contributed by atoms with van der Waals surface area (Å²) in [4.78, 5) is 23.7. The van der Waals surface area contributed by atoms with Crippen molar-refractivity contribution in [3.8, 4) is 5.82 Å². The number of aryl methyl sites for hydroxylation is 1. The number of nitrogens with one attached hydrogen (secondary N) is 2. The van der Waals surface area contributed by atoms with Crippen molar-refractivity contribution in [1.29, 1.82) is 0 Å². The van der Waals surface area contributed by atoms with Gasteiger partial charge in [-0.2, -0.15) is 10.2 Å². The summed E-state index contributed by atoms with van der Waals surface area (Å²) in [5.74, 6) is 0.209. The third-order valence-corrected chi connectivity index (χ3v) is 4.17. The van der Waals surface area contributed by atoms with Crippen molar-refractivity contribution >= 4 is 11.6 Å². The molecule has 0 bridgehead atoms. The molecule has 2 N–H and O–H groups in total. The van der Waals surface area contributed by atoms with E-state index in [-0.39, 0.29) is 11.5 Å². The van der Waals surface area contributed by atoms with Crippen LogP contribution in [0.25, 0.3) is 5.82 Å². The van der Waals surface area contributed by atoms with Gasteiger partial charge < -0.3 is 5.32 Å². The number of aromatic nitrogens is 4. The average Bonchev–Trinajstić information content (AvgIpc) is 3.03. The van der Waals surface area contributed by atoms with Gasteiger partial charge in [-0.05, 0) is 43.5 Å². The van der Waals surface area contributed by atoms with Gasteiger partial charge in [-0.1, -0.05) is 25.5 Å². The van der Waals surface area contributed by atoms with Crippen LogP contribution < -0.4 is 10.9 Å². The van der Waals surface area contributed by atoms with Crippen LogP contribution in [0.4, 0.5) is 5.69 Å². The summed E-state index contributed by atoms with van der Waals surface area (Å²) < 4.78 is 1.51. The van der Waals surface area contributed by atoms with Gasteiger partial charge in [0.05, 0.1) is 17.5 Å². The Kier molecular flexibility index (Phi) is 5.26. The van der Waals surface area contributed by atoms with Crippen LogP contribution in [0.3, 0.4) is 0 Å². The molecular formula is C19H21N5O2. The van der Waals surface area contributed by atoms with Gasteiger partial charge in [-0.3, -0.25) is 9.59 Å². The van der Waals surface area contributed by atoms with E-state index in [1.165, 1.54) is 22.5 Å². The predicted octanol–water partition coefficient (Wildman–Crippen LogP) is 2.86. The fourth-order valence-electron chi connectivity index (χ4n) is 2.65. The number of aromatic amines is 1. The second-order valence-corrected chi connectivity index (χ2v) is 6.09. The van der Waals surface area contributed by atoms with Crippen molar-refractivity contribution in [3.05, 3.63) is 69.8 Å². The summed E-state index contributed by atoms with van der Waals surface area (Å²) in [7, 11) is 0. The minimum absolute atomic E-state index is 0.237. The number of hydrogen-bond acceptors (Lipinski definition) is 4. The fraction of sp³-hybridized carbons (Fsp3) is 0.263. The smallest absolute Gasteiger partial charge is 0.264 e. The molecule has 0 radical (unpaired) electrons. The predicted molar refractivity (Wildman–Crippen MR) is 99.7 cm³/mol. The summed E-state index contributed by atoms with van der Waals surface area (Å²) in [6, 6.07) is 10.8. The molecule has 0 saturated heterocycles. The van der Waals surface area contributed by atoms with Crippen LogP contribution in [0.5, 0.6) is 0 Å². The Labute approximate surface area is 151 Å². The van der Waals surface area contributed by atoms with Gasteiger partial charge in [-0.15, -0.1) is 0 Å². The highest BCUT2D eigenvalue weighted by molar-refractivity contribution is 6.04. The lowest BCUT2D eigenvalue weighted by Gasteiger charge is -2.07. The van der Waals surface area contributed by atoms with Crippen molar-refractivity contribution in [2.75, 3.05) is 5.32 Å².